The number of nitrogens with zero attached hydrogens (tertiary/aromatic N) is 2. The lowest BCUT2D eigenvalue weighted by atomic mass is 10.1. The van der Waals surface area contributed by atoms with E-state index in [0.29, 0.717) is 5.56 Å². The monoisotopic (exact) mass is 349 g/mol. The molecule has 0 unspecified atom stereocenters. The zero-order valence-electron chi connectivity index (χ0n) is 12.6. The fourth-order valence-corrected chi connectivity index (χ4v) is 2.44. The molecule has 0 spiro atoms. The molecule has 0 saturated heterocycles. The third-order valence-corrected chi connectivity index (χ3v) is 3.55. The van der Waals surface area contributed by atoms with Crippen molar-refractivity contribution >= 4 is 15.5 Å². The van der Waals surface area contributed by atoms with Crippen LogP contribution in [0.1, 0.15) is 16.7 Å². The lowest BCUT2D eigenvalue weighted by Crippen LogP contribution is -2.03. The highest BCUT2D eigenvalue weighted by molar-refractivity contribution is 7.89. The predicted octanol–water partition coefficient (Wildman–Crippen LogP) is 2.52. The van der Waals surface area contributed by atoms with Crippen molar-refractivity contribution in [3.8, 4) is 12.1 Å². The summed E-state index contributed by atoms with van der Waals surface area (Å²) in [6.07, 6.45) is 1.02. The molecule has 8 heteroatoms. The fourth-order valence-electron chi connectivity index (χ4n) is 1.65. The summed E-state index contributed by atoms with van der Waals surface area (Å²) in [7, 11) is -3.27. The maximum Gasteiger partial charge on any atom is 0.151 e. The summed E-state index contributed by atoms with van der Waals surface area (Å²) in [6, 6.07) is 11.2. The van der Waals surface area contributed by atoms with E-state index in [1.165, 1.54) is 30.3 Å². The molecule has 0 aliphatic heterocycles. The first-order valence-electron chi connectivity index (χ1n) is 6.47. The Kier molecular flexibility index (Phi) is 6.39. The Labute approximate surface area is 138 Å². The molecular formula is C16H13F2N3O2S. The topological polar surface area (TPSA) is 108 Å². The zero-order chi connectivity index (χ0) is 18.3. The van der Waals surface area contributed by atoms with Gasteiger partial charge in [0.2, 0.25) is 0 Å². The van der Waals surface area contributed by atoms with Gasteiger partial charge in [0.15, 0.2) is 9.84 Å². The van der Waals surface area contributed by atoms with Gasteiger partial charge >= 0.3 is 0 Å². The molecule has 2 aromatic rings. The van der Waals surface area contributed by atoms with Crippen LogP contribution in [-0.4, -0.2) is 14.7 Å². The molecule has 2 aromatic carbocycles. The first-order chi connectivity index (χ1) is 11.2. The lowest BCUT2D eigenvalue weighted by molar-refractivity contribution is 0.591. The smallest absolute Gasteiger partial charge is 0.151 e. The summed E-state index contributed by atoms with van der Waals surface area (Å²) < 4.78 is 47.3. The molecule has 0 fully saturated rings. The minimum Gasteiger partial charge on any atom is -0.396 e. The molecule has 0 bridgehead atoms. The molecule has 0 aliphatic carbocycles. The van der Waals surface area contributed by atoms with Gasteiger partial charge in [-0.25, -0.2) is 17.2 Å². The van der Waals surface area contributed by atoms with E-state index < -0.39 is 21.5 Å². The highest BCUT2D eigenvalue weighted by atomic mass is 32.2. The number of anilines is 1. The van der Waals surface area contributed by atoms with E-state index in [1.54, 1.807) is 0 Å². The van der Waals surface area contributed by atoms with Crippen LogP contribution < -0.4 is 5.73 Å². The maximum absolute atomic E-state index is 13.1. The number of sulfone groups is 1. The average molecular weight is 349 g/mol. The third-order valence-electron chi connectivity index (χ3n) is 2.72. The molecule has 0 atom stereocenters. The van der Waals surface area contributed by atoms with Gasteiger partial charge in [-0.3, -0.25) is 0 Å². The molecule has 5 nitrogen and oxygen atoms in total. The van der Waals surface area contributed by atoms with E-state index in [0.717, 1.165) is 12.3 Å². The van der Waals surface area contributed by atoms with Gasteiger partial charge in [-0.1, -0.05) is 0 Å². The molecule has 24 heavy (non-hydrogen) atoms. The number of halogens is 2. The van der Waals surface area contributed by atoms with E-state index in [4.69, 9.17) is 16.3 Å². The molecule has 0 aliphatic rings. The van der Waals surface area contributed by atoms with Gasteiger partial charge < -0.3 is 5.73 Å². The van der Waals surface area contributed by atoms with Crippen molar-refractivity contribution in [2.24, 2.45) is 0 Å². The molecule has 0 heterocycles. The molecule has 0 aromatic heterocycles. The van der Waals surface area contributed by atoms with Crippen LogP contribution >= 0.6 is 0 Å². The zero-order valence-corrected chi connectivity index (χ0v) is 13.4. The van der Waals surface area contributed by atoms with E-state index >= 15 is 0 Å². The largest absolute Gasteiger partial charge is 0.396 e. The number of nitrogens with two attached hydrogens (primary N) is 1. The Bertz CT molecular complexity index is 929. The summed E-state index contributed by atoms with van der Waals surface area (Å²) in [6.45, 7) is 0. The number of nitrogen functional groups attached to an aromatic ring is 1. The van der Waals surface area contributed by atoms with Crippen molar-refractivity contribution in [1.82, 2.24) is 0 Å². The van der Waals surface area contributed by atoms with Gasteiger partial charge in [-0.05, 0) is 36.4 Å². The SMILES string of the molecule is CS(=O)(=O)Cc1cc(C#N)ccc1F.N#Cc1ccc(F)c(N)c1. The van der Waals surface area contributed by atoms with Crippen molar-refractivity contribution in [1.29, 1.82) is 10.5 Å². The van der Waals surface area contributed by atoms with Crippen LogP contribution in [0.2, 0.25) is 0 Å². The normalized spacial score (nSPS) is 10.0. The van der Waals surface area contributed by atoms with E-state index in [-0.39, 0.29) is 22.6 Å². The summed E-state index contributed by atoms with van der Waals surface area (Å²) in [5.74, 6) is -1.47. The van der Waals surface area contributed by atoms with Crippen LogP contribution in [0, 0.1) is 34.3 Å². The van der Waals surface area contributed by atoms with Crippen LogP contribution in [-0.2, 0) is 15.6 Å². The van der Waals surface area contributed by atoms with Gasteiger partial charge in [0.05, 0.1) is 34.7 Å². The number of hydrogen-bond acceptors (Lipinski definition) is 5. The quantitative estimate of drug-likeness (QED) is 0.838. The summed E-state index contributed by atoms with van der Waals surface area (Å²) >= 11 is 0. The maximum atomic E-state index is 13.1. The molecule has 2 rings (SSSR count). The molecule has 0 radical (unpaired) electrons. The van der Waals surface area contributed by atoms with E-state index in [2.05, 4.69) is 0 Å². The second-order valence-electron chi connectivity index (χ2n) is 4.84. The van der Waals surface area contributed by atoms with Crippen molar-refractivity contribution < 1.29 is 17.2 Å². The number of nitriles is 2. The van der Waals surface area contributed by atoms with Crippen LogP contribution in [0.5, 0.6) is 0 Å². The summed E-state index contributed by atoms with van der Waals surface area (Å²) in [5, 5.41) is 16.9. The van der Waals surface area contributed by atoms with Gasteiger partial charge in [0.1, 0.15) is 11.6 Å². The van der Waals surface area contributed by atoms with Crippen molar-refractivity contribution in [2.75, 3.05) is 12.0 Å². The first kappa shape index (κ1) is 19.1. The average Bonchev–Trinajstić information content (AvgIpc) is 2.51. The van der Waals surface area contributed by atoms with E-state index in [9.17, 15) is 17.2 Å². The van der Waals surface area contributed by atoms with Crippen molar-refractivity contribution in [3.05, 3.63) is 64.7 Å². The van der Waals surface area contributed by atoms with Crippen LogP contribution in [0.4, 0.5) is 14.5 Å². The Morgan fingerprint density at radius 1 is 1.00 bits per heavy atom. The second-order valence-corrected chi connectivity index (χ2v) is 6.98. The number of rotatable bonds is 2. The summed E-state index contributed by atoms with van der Waals surface area (Å²) in [4.78, 5) is 0. The summed E-state index contributed by atoms with van der Waals surface area (Å²) in [5.41, 5.74) is 5.85. The molecular weight excluding hydrogens is 336 g/mol. The van der Waals surface area contributed by atoms with Gasteiger partial charge in [-0.15, -0.1) is 0 Å². The highest BCUT2D eigenvalue weighted by Gasteiger charge is 2.10. The molecule has 0 amide bonds. The Balaban J connectivity index is 0.000000254. The van der Waals surface area contributed by atoms with E-state index in [1.807, 2.05) is 12.1 Å². The van der Waals surface area contributed by atoms with Crippen molar-refractivity contribution in [2.45, 2.75) is 5.75 Å². The number of benzene rings is 2. The highest BCUT2D eigenvalue weighted by Crippen LogP contribution is 2.13. The lowest BCUT2D eigenvalue weighted by Gasteiger charge is -2.01. The van der Waals surface area contributed by atoms with Crippen LogP contribution in [0.3, 0.4) is 0 Å². The first-order valence-corrected chi connectivity index (χ1v) is 8.53. The standard InChI is InChI=1S/C9H8FNO2S.C7H5FN2/c1-14(12,13)6-8-4-7(5-11)2-3-9(8)10;8-6-2-1-5(4-9)3-7(6)10/h2-4H,6H2,1H3;1-3H,10H2. The van der Waals surface area contributed by atoms with Crippen LogP contribution in [0.25, 0.3) is 0 Å². The second kappa shape index (κ2) is 8.04. The minimum absolute atomic E-state index is 0.0130. The third kappa shape index (κ3) is 6.03. The molecule has 2 N–H and O–H groups in total. The van der Waals surface area contributed by atoms with Gasteiger partial charge in [0.25, 0.3) is 0 Å². The van der Waals surface area contributed by atoms with Gasteiger partial charge in [0, 0.05) is 11.8 Å². The fraction of sp³-hybridized carbons (Fsp3) is 0.125. The molecule has 0 saturated carbocycles. The van der Waals surface area contributed by atoms with Gasteiger partial charge in [-0.2, -0.15) is 10.5 Å². The Morgan fingerprint density at radius 3 is 1.96 bits per heavy atom. The molecule has 124 valence electrons. The Hall–Kier alpha value is -2.97. The minimum atomic E-state index is -3.27. The van der Waals surface area contributed by atoms with Crippen LogP contribution in [0.15, 0.2) is 36.4 Å². The Morgan fingerprint density at radius 2 is 1.50 bits per heavy atom. The van der Waals surface area contributed by atoms with Crippen molar-refractivity contribution in [3.63, 3.8) is 0 Å². The predicted molar refractivity (Wildman–Crippen MR) is 85.2 cm³/mol. The number of hydrogen-bond donors (Lipinski definition) is 1.